The van der Waals surface area contributed by atoms with Crippen LogP contribution in [0.25, 0.3) is 0 Å². The van der Waals surface area contributed by atoms with Crippen LogP contribution in [0, 0.1) is 16.0 Å². The zero-order valence-electron chi connectivity index (χ0n) is 9.94. The maximum Gasteiger partial charge on any atom is 0.288 e. The second kappa shape index (κ2) is 6.54. The number of nitrogens with one attached hydrogen (secondary N) is 1. The van der Waals surface area contributed by atoms with E-state index >= 15 is 0 Å². The number of pyridine rings is 1. The lowest BCUT2D eigenvalue weighted by atomic mass is 10.0. The summed E-state index contributed by atoms with van der Waals surface area (Å²) in [7, 11) is 0. The molecular formula is C11H16BrN3O2. The molecule has 0 saturated carbocycles. The molecule has 6 heteroatoms. The summed E-state index contributed by atoms with van der Waals surface area (Å²) < 4.78 is 0.623. The normalized spacial score (nSPS) is 10.6. The average molecular weight is 302 g/mol. The van der Waals surface area contributed by atoms with E-state index < -0.39 is 4.92 Å². The van der Waals surface area contributed by atoms with Gasteiger partial charge in [0.2, 0.25) is 0 Å². The van der Waals surface area contributed by atoms with Crippen LogP contribution < -0.4 is 5.32 Å². The van der Waals surface area contributed by atoms with Crippen molar-refractivity contribution in [1.29, 1.82) is 0 Å². The lowest BCUT2D eigenvalue weighted by Gasteiger charge is -2.14. The van der Waals surface area contributed by atoms with Crippen LogP contribution in [0.4, 0.5) is 11.5 Å². The number of hydrogen-bond donors (Lipinski definition) is 1. The molecule has 0 amide bonds. The Morgan fingerprint density at radius 1 is 1.53 bits per heavy atom. The van der Waals surface area contributed by atoms with Crippen LogP contribution >= 0.6 is 15.9 Å². The Bertz CT molecular complexity index is 394. The average Bonchev–Trinajstić information content (AvgIpc) is 2.31. The molecule has 0 aliphatic carbocycles. The summed E-state index contributed by atoms with van der Waals surface area (Å²) in [6.07, 6.45) is 3.47. The van der Waals surface area contributed by atoms with Gasteiger partial charge in [-0.15, -0.1) is 0 Å². The SMILES string of the molecule is CCC(CC)CNc1ncc([N+](=O)[O-])cc1Br. The highest BCUT2D eigenvalue weighted by molar-refractivity contribution is 9.10. The van der Waals surface area contributed by atoms with Crippen molar-refractivity contribution in [3.05, 3.63) is 26.9 Å². The summed E-state index contributed by atoms with van der Waals surface area (Å²) in [5.74, 6) is 1.25. The van der Waals surface area contributed by atoms with E-state index in [1.165, 1.54) is 12.3 Å². The predicted molar refractivity (Wildman–Crippen MR) is 71.2 cm³/mol. The Balaban J connectivity index is 2.69. The van der Waals surface area contributed by atoms with Gasteiger partial charge in [-0.1, -0.05) is 26.7 Å². The van der Waals surface area contributed by atoms with E-state index in [0.29, 0.717) is 16.2 Å². The number of nitrogens with zero attached hydrogens (tertiary/aromatic N) is 2. The molecule has 0 saturated heterocycles. The summed E-state index contributed by atoms with van der Waals surface area (Å²) in [5, 5.41) is 13.7. The second-order valence-corrected chi connectivity index (χ2v) is 4.70. The lowest BCUT2D eigenvalue weighted by Crippen LogP contribution is -2.13. The van der Waals surface area contributed by atoms with Gasteiger partial charge in [0.25, 0.3) is 5.69 Å². The van der Waals surface area contributed by atoms with Crippen LogP contribution in [-0.2, 0) is 0 Å². The summed E-state index contributed by atoms with van der Waals surface area (Å²) in [4.78, 5) is 14.1. The molecule has 17 heavy (non-hydrogen) atoms. The highest BCUT2D eigenvalue weighted by atomic mass is 79.9. The number of anilines is 1. The van der Waals surface area contributed by atoms with E-state index in [2.05, 4.69) is 40.1 Å². The van der Waals surface area contributed by atoms with Gasteiger partial charge in [-0.05, 0) is 21.8 Å². The number of halogens is 1. The molecule has 1 aromatic rings. The predicted octanol–water partition coefficient (Wildman–Crippen LogP) is 3.60. The molecule has 0 aliphatic rings. The maximum absolute atomic E-state index is 10.5. The molecule has 0 radical (unpaired) electrons. The molecule has 0 bridgehead atoms. The fourth-order valence-electron chi connectivity index (χ4n) is 1.48. The van der Waals surface area contributed by atoms with Crippen molar-refractivity contribution in [2.75, 3.05) is 11.9 Å². The molecule has 1 N–H and O–H groups in total. The maximum atomic E-state index is 10.5. The van der Waals surface area contributed by atoms with E-state index in [9.17, 15) is 10.1 Å². The first kappa shape index (κ1) is 13.9. The fourth-order valence-corrected chi connectivity index (χ4v) is 1.95. The number of rotatable bonds is 6. The van der Waals surface area contributed by atoms with Crippen molar-refractivity contribution < 1.29 is 4.92 Å². The minimum atomic E-state index is -0.456. The highest BCUT2D eigenvalue weighted by Crippen LogP contribution is 2.24. The van der Waals surface area contributed by atoms with E-state index in [4.69, 9.17) is 0 Å². The van der Waals surface area contributed by atoms with Crippen molar-refractivity contribution >= 4 is 27.4 Å². The van der Waals surface area contributed by atoms with E-state index in [0.717, 1.165) is 19.4 Å². The number of hydrogen-bond acceptors (Lipinski definition) is 4. The Morgan fingerprint density at radius 3 is 2.65 bits per heavy atom. The molecule has 0 unspecified atom stereocenters. The largest absolute Gasteiger partial charge is 0.369 e. The number of nitro groups is 1. The molecular weight excluding hydrogens is 286 g/mol. The summed E-state index contributed by atoms with van der Waals surface area (Å²) >= 11 is 3.28. The van der Waals surface area contributed by atoms with Gasteiger partial charge in [-0.2, -0.15) is 0 Å². The van der Waals surface area contributed by atoms with Crippen molar-refractivity contribution in [2.24, 2.45) is 5.92 Å². The zero-order chi connectivity index (χ0) is 12.8. The molecule has 1 aromatic heterocycles. The smallest absolute Gasteiger partial charge is 0.288 e. The highest BCUT2D eigenvalue weighted by Gasteiger charge is 2.11. The van der Waals surface area contributed by atoms with Crippen molar-refractivity contribution in [3.8, 4) is 0 Å². The Labute approximate surface area is 109 Å². The van der Waals surface area contributed by atoms with E-state index in [-0.39, 0.29) is 5.69 Å². The number of aromatic nitrogens is 1. The van der Waals surface area contributed by atoms with Gasteiger partial charge in [0, 0.05) is 12.6 Å². The summed E-state index contributed by atoms with van der Waals surface area (Å²) in [6, 6.07) is 1.46. The molecule has 94 valence electrons. The van der Waals surface area contributed by atoms with Crippen LogP contribution in [0.3, 0.4) is 0 Å². The molecule has 0 aromatic carbocycles. The monoisotopic (exact) mass is 301 g/mol. The van der Waals surface area contributed by atoms with Crippen LogP contribution in [0.15, 0.2) is 16.7 Å². The van der Waals surface area contributed by atoms with Gasteiger partial charge < -0.3 is 5.32 Å². The third kappa shape index (κ3) is 3.96. The van der Waals surface area contributed by atoms with Gasteiger partial charge >= 0.3 is 0 Å². The third-order valence-corrected chi connectivity index (χ3v) is 3.35. The molecule has 0 aliphatic heterocycles. The molecule has 0 atom stereocenters. The minimum absolute atomic E-state index is 0.00930. The summed E-state index contributed by atoms with van der Waals surface area (Å²) in [6.45, 7) is 5.12. The fraction of sp³-hybridized carbons (Fsp3) is 0.545. The summed E-state index contributed by atoms with van der Waals surface area (Å²) in [5.41, 5.74) is -0.00930. The molecule has 1 heterocycles. The van der Waals surface area contributed by atoms with Gasteiger partial charge in [-0.25, -0.2) is 4.98 Å². The van der Waals surface area contributed by atoms with Gasteiger partial charge in [0.1, 0.15) is 12.0 Å². The third-order valence-electron chi connectivity index (χ3n) is 2.75. The first-order valence-electron chi connectivity index (χ1n) is 5.62. The van der Waals surface area contributed by atoms with E-state index in [1.54, 1.807) is 0 Å². The molecule has 5 nitrogen and oxygen atoms in total. The van der Waals surface area contributed by atoms with Crippen molar-refractivity contribution in [1.82, 2.24) is 4.98 Å². The topological polar surface area (TPSA) is 68.1 Å². The van der Waals surface area contributed by atoms with Crippen molar-refractivity contribution in [2.45, 2.75) is 26.7 Å². The Morgan fingerprint density at radius 2 is 2.18 bits per heavy atom. The van der Waals surface area contributed by atoms with Crippen molar-refractivity contribution in [3.63, 3.8) is 0 Å². The van der Waals surface area contributed by atoms with Gasteiger partial charge in [0.15, 0.2) is 0 Å². The van der Waals surface area contributed by atoms with E-state index in [1.807, 2.05) is 0 Å². The first-order valence-corrected chi connectivity index (χ1v) is 6.41. The van der Waals surface area contributed by atoms with Gasteiger partial charge in [-0.3, -0.25) is 10.1 Å². The standard InChI is InChI=1S/C11H16BrN3O2/c1-3-8(4-2)6-13-11-10(12)5-9(7-14-11)15(16)17/h5,7-8H,3-4,6H2,1-2H3,(H,13,14). The van der Waals surface area contributed by atoms with Crippen LogP contribution in [0.2, 0.25) is 0 Å². The quantitative estimate of drug-likeness (QED) is 0.644. The first-order chi connectivity index (χ1) is 8.08. The van der Waals surface area contributed by atoms with Gasteiger partial charge in [0.05, 0.1) is 9.40 Å². The minimum Gasteiger partial charge on any atom is -0.369 e. The van der Waals surface area contributed by atoms with Crippen LogP contribution in [0.1, 0.15) is 26.7 Å². The Hall–Kier alpha value is -1.17. The Kier molecular flexibility index (Phi) is 5.34. The zero-order valence-corrected chi connectivity index (χ0v) is 11.5. The molecule has 0 fully saturated rings. The second-order valence-electron chi connectivity index (χ2n) is 3.84. The lowest BCUT2D eigenvalue weighted by molar-refractivity contribution is -0.385. The van der Waals surface area contributed by atoms with Crippen LogP contribution in [0.5, 0.6) is 0 Å². The molecule has 0 spiro atoms. The molecule has 1 rings (SSSR count). The van der Waals surface area contributed by atoms with Crippen LogP contribution in [-0.4, -0.2) is 16.5 Å².